The minimum Gasteiger partial charge on any atom is -0.364 e. The summed E-state index contributed by atoms with van der Waals surface area (Å²) in [5.74, 6) is 0.272. The number of nitrogens with zero attached hydrogens (tertiary/aromatic N) is 5. The first kappa shape index (κ1) is 20.1. The van der Waals surface area contributed by atoms with Crippen LogP contribution in [0.1, 0.15) is 23.9 Å². The fourth-order valence-electron chi connectivity index (χ4n) is 3.31. The molecule has 1 aromatic carbocycles. The van der Waals surface area contributed by atoms with Crippen LogP contribution in [0.4, 0.5) is 21.6 Å². The number of nitrogens with one attached hydrogen (secondary N) is 2. The van der Waals surface area contributed by atoms with Crippen LogP contribution >= 0.6 is 11.6 Å². The molecule has 1 aliphatic heterocycles. The van der Waals surface area contributed by atoms with E-state index in [-0.39, 0.29) is 24.3 Å². The van der Waals surface area contributed by atoms with Crippen LogP contribution in [0.5, 0.6) is 0 Å². The van der Waals surface area contributed by atoms with Gasteiger partial charge in [-0.05, 0) is 32.0 Å². The maximum absolute atomic E-state index is 13.9. The first-order valence-electron chi connectivity index (χ1n) is 9.44. The molecule has 30 heavy (non-hydrogen) atoms. The van der Waals surface area contributed by atoms with E-state index < -0.39 is 0 Å². The van der Waals surface area contributed by atoms with Crippen molar-refractivity contribution in [3.63, 3.8) is 0 Å². The summed E-state index contributed by atoms with van der Waals surface area (Å²) >= 11 is 5.94. The Hall–Kier alpha value is -3.20. The van der Waals surface area contributed by atoms with Crippen molar-refractivity contribution in [1.82, 2.24) is 20.0 Å². The number of amides is 1. The van der Waals surface area contributed by atoms with E-state index in [2.05, 4.69) is 25.9 Å². The number of rotatable bonds is 5. The van der Waals surface area contributed by atoms with Gasteiger partial charge in [-0.25, -0.2) is 14.1 Å². The largest absolute Gasteiger partial charge is 0.364 e. The number of aromatic nitrogens is 4. The average molecular weight is 430 g/mol. The van der Waals surface area contributed by atoms with Gasteiger partial charge in [0.1, 0.15) is 23.4 Å². The number of carbonyl (C=O) groups excluding carboxylic acids is 1. The van der Waals surface area contributed by atoms with Crippen LogP contribution in [-0.2, 0) is 17.9 Å². The van der Waals surface area contributed by atoms with E-state index in [4.69, 9.17) is 11.6 Å². The molecule has 1 aliphatic rings. The van der Waals surface area contributed by atoms with Gasteiger partial charge < -0.3 is 15.5 Å². The second kappa shape index (κ2) is 7.91. The highest BCUT2D eigenvalue weighted by Gasteiger charge is 2.28. The van der Waals surface area contributed by atoms with E-state index in [0.29, 0.717) is 28.6 Å². The molecule has 0 saturated carbocycles. The van der Waals surface area contributed by atoms with Crippen molar-refractivity contribution >= 4 is 34.7 Å². The Morgan fingerprint density at radius 2 is 2.13 bits per heavy atom. The summed E-state index contributed by atoms with van der Waals surface area (Å²) in [5.41, 5.74) is 3.47. The molecule has 0 aliphatic carbocycles. The van der Waals surface area contributed by atoms with Crippen molar-refractivity contribution in [2.75, 3.05) is 22.6 Å². The van der Waals surface area contributed by atoms with Gasteiger partial charge in [0.2, 0.25) is 5.91 Å². The van der Waals surface area contributed by atoms with Gasteiger partial charge in [0.25, 0.3) is 0 Å². The number of hydrogen-bond donors (Lipinski definition) is 2. The van der Waals surface area contributed by atoms with Gasteiger partial charge >= 0.3 is 0 Å². The number of pyridine rings is 1. The molecule has 0 spiro atoms. The molecular weight excluding hydrogens is 409 g/mol. The van der Waals surface area contributed by atoms with Crippen LogP contribution in [0.15, 0.2) is 30.5 Å². The zero-order valence-electron chi connectivity index (χ0n) is 16.8. The van der Waals surface area contributed by atoms with E-state index in [0.717, 1.165) is 17.1 Å². The van der Waals surface area contributed by atoms with Crippen LogP contribution in [0.3, 0.4) is 0 Å². The minimum atomic E-state index is -0.339. The highest BCUT2D eigenvalue weighted by molar-refractivity contribution is 6.30. The minimum absolute atomic E-state index is 0.0524. The predicted octanol–water partition coefficient (Wildman–Crippen LogP) is 3.21. The Morgan fingerprint density at radius 3 is 2.93 bits per heavy atom. The van der Waals surface area contributed by atoms with E-state index in [1.807, 2.05) is 31.9 Å². The van der Waals surface area contributed by atoms with E-state index in [1.54, 1.807) is 16.9 Å². The summed E-state index contributed by atoms with van der Waals surface area (Å²) < 4.78 is 15.5. The first-order valence-corrected chi connectivity index (χ1v) is 9.82. The molecule has 2 N–H and O–H groups in total. The van der Waals surface area contributed by atoms with Crippen molar-refractivity contribution in [3.05, 3.63) is 58.3 Å². The van der Waals surface area contributed by atoms with Crippen LogP contribution in [-0.4, -0.2) is 39.0 Å². The maximum Gasteiger partial charge on any atom is 0.246 e. The third-order valence-corrected chi connectivity index (χ3v) is 5.38. The van der Waals surface area contributed by atoms with Gasteiger partial charge in [-0.1, -0.05) is 16.8 Å². The highest BCUT2D eigenvalue weighted by atomic mass is 35.5. The summed E-state index contributed by atoms with van der Waals surface area (Å²) in [7, 11) is 1.88. The number of benzene rings is 1. The number of hydrogen-bond acceptors (Lipinski definition) is 6. The van der Waals surface area contributed by atoms with E-state index in [1.165, 1.54) is 12.1 Å². The molecule has 1 atom stereocenters. The molecule has 2 aromatic heterocycles. The average Bonchev–Trinajstić information content (AvgIpc) is 3.16. The summed E-state index contributed by atoms with van der Waals surface area (Å²) in [6, 6.07) is 6.05. The molecule has 0 unspecified atom stereocenters. The quantitative estimate of drug-likeness (QED) is 0.647. The topological polar surface area (TPSA) is 88.0 Å². The monoisotopic (exact) mass is 429 g/mol. The number of fused-ring (bicyclic) bond motifs is 1. The molecule has 8 nitrogen and oxygen atoms in total. The normalized spacial score (nSPS) is 15.7. The number of halogens is 2. The predicted molar refractivity (Wildman–Crippen MR) is 113 cm³/mol. The molecule has 10 heteroatoms. The molecule has 0 saturated heterocycles. The van der Waals surface area contributed by atoms with E-state index >= 15 is 0 Å². The van der Waals surface area contributed by atoms with Gasteiger partial charge in [0, 0.05) is 23.7 Å². The van der Waals surface area contributed by atoms with Crippen LogP contribution in [0, 0.1) is 12.7 Å². The zero-order chi connectivity index (χ0) is 21.4. The fourth-order valence-corrected chi connectivity index (χ4v) is 3.50. The molecule has 3 aromatic rings. The number of anilines is 3. The standard InChI is InChI=1S/C20H21ClFN7O/c1-11-19-17(28(3)12(2)20(30)25-19)7-18(24-11)23-8-15-10-29(27-26-15)9-13-6-14(21)4-5-16(13)22/h4-7,10,12H,8-9H2,1-3H3,(H,23,24)(H,25,30)/t12-/m0/s1. The highest BCUT2D eigenvalue weighted by Crippen LogP contribution is 2.34. The first-order chi connectivity index (χ1) is 14.3. The molecule has 156 valence electrons. The van der Waals surface area contributed by atoms with Crippen LogP contribution in [0.2, 0.25) is 5.02 Å². The number of likely N-dealkylation sites (N-methyl/N-ethyl adjacent to an activating group) is 1. The second-order valence-electron chi connectivity index (χ2n) is 7.26. The fraction of sp³-hybridized carbons (Fsp3) is 0.300. The van der Waals surface area contributed by atoms with Crippen molar-refractivity contribution in [1.29, 1.82) is 0 Å². The molecule has 0 fully saturated rings. The molecule has 4 rings (SSSR count). The van der Waals surface area contributed by atoms with Crippen LogP contribution < -0.4 is 15.5 Å². The van der Waals surface area contributed by atoms with Gasteiger partial charge in [-0.2, -0.15) is 0 Å². The molecule has 0 radical (unpaired) electrons. The summed E-state index contributed by atoms with van der Waals surface area (Å²) in [4.78, 5) is 18.5. The van der Waals surface area contributed by atoms with Gasteiger partial charge in [0.05, 0.1) is 36.4 Å². The third kappa shape index (κ3) is 3.93. The Labute approximate surface area is 178 Å². The Bertz CT molecular complexity index is 1120. The maximum atomic E-state index is 13.9. The Balaban J connectivity index is 1.46. The zero-order valence-corrected chi connectivity index (χ0v) is 17.5. The SMILES string of the molecule is Cc1nc(NCc2cn(Cc3cc(Cl)ccc3F)nn2)cc2c1NC(=O)[C@H](C)N2C. The van der Waals surface area contributed by atoms with Crippen molar-refractivity contribution in [3.8, 4) is 0 Å². The van der Waals surface area contributed by atoms with Crippen molar-refractivity contribution in [2.45, 2.75) is 33.0 Å². The summed E-state index contributed by atoms with van der Waals surface area (Å²) in [6.45, 7) is 4.33. The van der Waals surface area contributed by atoms with Crippen molar-refractivity contribution < 1.29 is 9.18 Å². The number of aryl methyl sites for hydroxylation is 1. The molecule has 3 heterocycles. The Morgan fingerprint density at radius 1 is 1.33 bits per heavy atom. The van der Waals surface area contributed by atoms with Gasteiger partial charge in [-0.15, -0.1) is 5.10 Å². The molecular formula is C20H21ClFN7O. The molecule has 0 bridgehead atoms. The lowest BCUT2D eigenvalue weighted by Gasteiger charge is -2.34. The van der Waals surface area contributed by atoms with Crippen molar-refractivity contribution in [2.24, 2.45) is 0 Å². The summed E-state index contributed by atoms with van der Waals surface area (Å²) in [6.07, 6.45) is 1.74. The lowest BCUT2D eigenvalue weighted by Crippen LogP contribution is -2.44. The van der Waals surface area contributed by atoms with Crippen LogP contribution in [0.25, 0.3) is 0 Å². The third-order valence-electron chi connectivity index (χ3n) is 5.14. The van der Waals surface area contributed by atoms with Gasteiger partial charge in [-0.3, -0.25) is 4.79 Å². The van der Waals surface area contributed by atoms with Gasteiger partial charge in [0.15, 0.2) is 0 Å². The summed E-state index contributed by atoms with van der Waals surface area (Å²) in [5, 5.41) is 14.8. The Kier molecular flexibility index (Phi) is 5.29. The number of carbonyl (C=O) groups is 1. The smallest absolute Gasteiger partial charge is 0.246 e. The van der Waals surface area contributed by atoms with E-state index in [9.17, 15) is 9.18 Å². The lowest BCUT2D eigenvalue weighted by atomic mass is 10.1. The second-order valence-corrected chi connectivity index (χ2v) is 7.70. The lowest BCUT2D eigenvalue weighted by molar-refractivity contribution is -0.117. The molecule has 1 amide bonds.